The molecule has 0 unspecified atom stereocenters. The number of nitrogens with one attached hydrogen (secondary N) is 1. The molecule has 5 rings (SSSR count). The number of hydrogen-bond donors (Lipinski definition) is 1. The van der Waals surface area contributed by atoms with Gasteiger partial charge in [-0.1, -0.05) is 35.9 Å². The molecule has 0 spiro atoms. The van der Waals surface area contributed by atoms with Crippen LogP contribution in [0.2, 0.25) is 0 Å². The van der Waals surface area contributed by atoms with Gasteiger partial charge in [-0.25, -0.2) is 12.4 Å². The second-order valence-electron chi connectivity index (χ2n) is 8.57. The molecule has 3 aromatic carbocycles. The van der Waals surface area contributed by atoms with Crippen LogP contribution in [0.4, 0.5) is 0 Å². The summed E-state index contributed by atoms with van der Waals surface area (Å²) in [5.41, 5.74) is 1.85. The molecule has 176 valence electrons. The third-order valence-corrected chi connectivity index (χ3v) is 8.12. The van der Waals surface area contributed by atoms with Crippen LogP contribution in [-0.2, 0) is 10.0 Å². The average Bonchev–Trinajstić information content (AvgIpc) is 3.02. The molecule has 8 heteroatoms. The quantitative estimate of drug-likeness (QED) is 0.484. The highest BCUT2D eigenvalue weighted by atomic mass is 32.2. The van der Waals surface area contributed by atoms with E-state index < -0.39 is 10.0 Å². The molecule has 1 saturated heterocycles. The highest BCUT2D eigenvalue weighted by Crippen LogP contribution is 2.34. The van der Waals surface area contributed by atoms with Gasteiger partial charge < -0.3 is 15.0 Å². The van der Waals surface area contributed by atoms with Crippen LogP contribution in [0.1, 0.15) is 22.3 Å². The van der Waals surface area contributed by atoms with Crippen molar-refractivity contribution in [1.82, 2.24) is 14.2 Å². The van der Waals surface area contributed by atoms with Gasteiger partial charge in [-0.05, 0) is 44.2 Å². The van der Waals surface area contributed by atoms with Crippen molar-refractivity contribution in [1.29, 1.82) is 0 Å². The van der Waals surface area contributed by atoms with E-state index in [1.807, 2.05) is 31.2 Å². The van der Waals surface area contributed by atoms with Gasteiger partial charge in [-0.2, -0.15) is 0 Å². The smallest absolute Gasteiger partial charge is 0.268 e. The number of ether oxygens (including phenoxy) is 1. The first kappa shape index (κ1) is 22.4. The summed E-state index contributed by atoms with van der Waals surface area (Å²) in [4.78, 5) is 15.5. The summed E-state index contributed by atoms with van der Waals surface area (Å²) in [6.07, 6.45) is 2.35. The SMILES string of the molecule is COc1ccc(S(=O)(=O)n2cc(C(=O)N3CCCNCC3)c3cc(C)ccc32)c2ccccc12. The van der Waals surface area contributed by atoms with Crippen molar-refractivity contribution in [3.63, 3.8) is 0 Å². The molecule has 34 heavy (non-hydrogen) atoms. The van der Waals surface area contributed by atoms with Crippen molar-refractivity contribution in [3.05, 3.63) is 71.9 Å². The lowest BCUT2D eigenvalue weighted by atomic mass is 10.1. The Balaban J connectivity index is 1.70. The number of carbonyl (C=O) groups excluding carboxylic acids is 1. The number of benzene rings is 3. The molecule has 1 fully saturated rings. The van der Waals surface area contributed by atoms with Gasteiger partial charge >= 0.3 is 0 Å². The Bertz CT molecular complexity index is 1500. The summed E-state index contributed by atoms with van der Waals surface area (Å²) < 4.78 is 34.7. The fourth-order valence-electron chi connectivity index (χ4n) is 4.66. The highest BCUT2D eigenvalue weighted by Gasteiger charge is 2.28. The topological polar surface area (TPSA) is 80.6 Å². The summed E-state index contributed by atoms with van der Waals surface area (Å²) in [6, 6.07) is 16.0. The van der Waals surface area contributed by atoms with Crippen LogP contribution >= 0.6 is 0 Å². The van der Waals surface area contributed by atoms with Crippen LogP contribution in [0.5, 0.6) is 5.75 Å². The summed E-state index contributed by atoms with van der Waals surface area (Å²) in [5, 5.41) is 5.23. The van der Waals surface area contributed by atoms with Crippen molar-refractivity contribution in [2.75, 3.05) is 33.3 Å². The van der Waals surface area contributed by atoms with Gasteiger partial charge in [0.25, 0.3) is 15.9 Å². The normalized spacial score (nSPS) is 14.9. The van der Waals surface area contributed by atoms with E-state index in [9.17, 15) is 13.2 Å². The van der Waals surface area contributed by atoms with Gasteiger partial charge in [0, 0.05) is 42.0 Å². The molecule has 1 aliphatic rings. The Labute approximate surface area is 199 Å². The minimum absolute atomic E-state index is 0.146. The number of amides is 1. The van der Waals surface area contributed by atoms with Crippen LogP contribution in [0.3, 0.4) is 0 Å². The Morgan fingerprint density at radius 2 is 1.76 bits per heavy atom. The Morgan fingerprint density at radius 3 is 2.56 bits per heavy atom. The molecule has 2 heterocycles. The number of nitrogens with zero attached hydrogens (tertiary/aromatic N) is 2. The first-order chi connectivity index (χ1) is 16.4. The lowest BCUT2D eigenvalue weighted by Crippen LogP contribution is -2.34. The maximum atomic E-state index is 14.0. The molecule has 1 N–H and O–H groups in total. The number of aryl methyl sites for hydroxylation is 1. The average molecular weight is 478 g/mol. The van der Waals surface area contributed by atoms with Crippen LogP contribution in [0.25, 0.3) is 21.7 Å². The third-order valence-electron chi connectivity index (χ3n) is 6.38. The van der Waals surface area contributed by atoms with Gasteiger partial charge in [-0.15, -0.1) is 0 Å². The number of hydrogen-bond acceptors (Lipinski definition) is 5. The van der Waals surface area contributed by atoms with Crippen LogP contribution < -0.4 is 10.1 Å². The zero-order chi connectivity index (χ0) is 23.9. The van der Waals surface area contributed by atoms with E-state index >= 15 is 0 Å². The zero-order valence-electron chi connectivity index (χ0n) is 19.2. The molecule has 1 aromatic heterocycles. The monoisotopic (exact) mass is 477 g/mol. The fraction of sp³-hybridized carbons (Fsp3) is 0.269. The van der Waals surface area contributed by atoms with Crippen molar-refractivity contribution >= 4 is 37.6 Å². The number of carbonyl (C=O) groups is 1. The van der Waals surface area contributed by atoms with Crippen molar-refractivity contribution < 1.29 is 17.9 Å². The summed E-state index contributed by atoms with van der Waals surface area (Å²) >= 11 is 0. The minimum Gasteiger partial charge on any atom is -0.496 e. The van der Waals surface area contributed by atoms with E-state index in [-0.39, 0.29) is 10.8 Å². The molecule has 0 bridgehead atoms. The number of aromatic nitrogens is 1. The van der Waals surface area contributed by atoms with Crippen molar-refractivity contribution in [2.45, 2.75) is 18.2 Å². The van der Waals surface area contributed by atoms with Crippen LogP contribution in [0, 0.1) is 6.92 Å². The second-order valence-corrected chi connectivity index (χ2v) is 10.4. The molecule has 0 aliphatic carbocycles. The van der Waals surface area contributed by atoms with Crippen LogP contribution in [0.15, 0.2) is 65.7 Å². The molecule has 4 aromatic rings. The predicted molar refractivity (Wildman–Crippen MR) is 133 cm³/mol. The maximum absolute atomic E-state index is 14.0. The van der Waals surface area contributed by atoms with Crippen molar-refractivity contribution in [3.8, 4) is 5.75 Å². The largest absolute Gasteiger partial charge is 0.496 e. The summed E-state index contributed by atoms with van der Waals surface area (Å²) in [5.74, 6) is 0.459. The number of rotatable bonds is 4. The van der Waals surface area contributed by atoms with Gasteiger partial charge in [0.1, 0.15) is 5.75 Å². The third kappa shape index (κ3) is 3.73. The lowest BCUT2D eigenvalue weighted by Gasteiger charge is -2.19. The molecular weight excluding hydrogens is 450 g/mol. The van der Waals surface area contributed by atoms with E-state index in [2.05, 4.69) is 5.32 Å². The van der Waals surface area contributed by atoms with Gasteiger partial charge in [-0.3, -0.25) is 4.79 Å². The minimum atomic E-state index is -4.00. The molecule has 7 nitrogen and oxygen atoms in total. The molecule has 0 atom stereocenters. The molecular formula is C26H27N3O4S. The first-order valence-electron chi connectivity index (χ1n) is 11.3. The number of methoxy groups -OCH3 is 1. The Hall–Kier alpha value is -3.36. The molecule has 0 radical (unpaired) electrons. The van der Waals surface area contributed by atoms with Crippen LogP contribution in [-0.4, -0.2) is 56.5 Å². The van der Waals surface area contributed by atoms with E-state index in [0.29, 0.717) is 46.1 Å². The van der Waals surface area contributed by atoms with Gasteiger partial charge in [0.05, 0.1) is 23.1 Å². The first-order valence-corrected chi connectivity index (χ1v) is 12.8. The highest BCUT2D eigenvalue weighted by molar-refractivity contribution is 7.90. The Kier molecular flexibility index (Phi) is 5.79. The fourth-order valence-corrected chi connectivity index (χ4v) is 6.23. The predicted octanol–water partition coefficient (Wildman–Crippen LogP) is 3.78. The number of fused-ring (bicyclic) bond motifs is 2. The second kappa shape index (κ2) is 8.77. The van der Waals surface area contributed by atoms with E-state index in [1.54, 1.807) is 42.3 Å². The van der Waals surface area contributed by atoms with Gasteiger partial charge in [0.2, 0.25) is 0 Å². The molecule has 1 aliphatic heterocycles. The van der Waals surface area contributed by atoms with E-state index in [4.69, 9.17) is 4.74 Å². The lowest BCUT2D eigenvalue weighted by molar-refractivity contribution is 0.0768. The molecule has 1 amide bonds. The maximum Gasteiger partial charge on any atom is 0.268 e. The summed E-state index contributed by atoms with van der Waals surface area (Å²) in [7, 11) is -2.44. The summed E-state index contributed by atoms with van der Waals surface area (Å²) in [6.45, 7) is 4.75. The standard InChI is InChI=1S/C26H27N3O4S/c1-18-8-9-23-21(16-18)22(26(30)28-14-5-12-27-13-15-28)17-29(23)34(31,32)25-11-10-24(33-2)19-6-3-4-7-20(19)25/h3-4,6-11,16-17,27H,5,12-15H2,1-2H3. The van der Waals surface area contributed by atoms with Crippen molar-refractivity contribution in [2.24, 2.45) is 0 Å². The van der Waals surface area contributed by atoms with Gasteiger partial charge in [0.15, 0.2) is 0 Å². The van der Waals surface area contributed by atoms with E-state index in [0.717, 1.165) is 25.1 Å². The van der Waals surface area contributed by atoms with E-state index in [1.165, 1.54) is 10.2 Å². The molecule has 0 saturated carbocycles. The zero-order valence-corrected chi connectivity index (χ0v) is 20.1. The Morgan fingerprint density at radius 1 is 0.971 bits per heavy atom.